The van der Waals surface area contributed by atoms with Crippen LogP contribution in [-0.2, 0) is 20.9 Å². The van der Waals surface area contributed by atoms with E-state index in [9.17, 15) is 19.8 Å². The zero-order valence-electron chi connectivity index (χ0n) is 21.3. The molecule has 190 valence electrons. The molecule has 0 aliphatic carbocycles. The maximum absolute atomic E-state index is 12.2. The molecular formula is C26H31N5O5. The summed E-state index contributed by atoms with van der Waals surface area (Å²) in [7, 11) is 0. The van der Waals surface area contributed by atoms with E-state index < -0.39 is 11.4 Å². The number of benzene rings is 2. The minimum Gasteiger partial charge on any atom is -0.504 e. The third-order valence-corrected chi connectivity index (χ3v) is 5.07. The molecule has 0 saturated carbocycles. The number of carbonyl (C=O) groups excluding carboxylic acids is 2. The smallest absolute Gasteiger partial charge is 0.306 e. The lowest BCUT2D eigenvalue weighted by Crippen LogP contribution is -2.27. The Kier molecular flexibility index (Phi) is 7.57. The van der Waals surface area contributed by atoms with Crippen LogP contribution in [-0.4, -0.2) is 42.5 Å². The molecule has 0 radical (unpaired) electrons. The molecule has 1 amide bonds. The largest absolute Gasteiger partial charge is 0.504 e. The second kappa shape index (κ2) is 10.3. The number of hydrogen-bond acceptors (Lipinski definition) is 9. The first-order valence-corrected chi connectivity index (χ1v) is 11.4. The van der Waals surface area contributed by atoms with Crippen molar-refractivity contribution in [2.45, 2.75) is 54.6 Å². The highest BCUT2D eigenvalue weighted by Gasteiger charge is 2.22. The van der Waals surface area contributed by atoms with Gasteiger partial charge in [0.1, 0.15) is 6.61 Å². The maximum Gasteiger partial charge on any atom is 0.306 e. The summed E-state index contributed by atoms with van der Waals surface area (Å²) in [4.78, 5) is 24.3. The van der Waals surface area contributed by atoms with Gasteiger partial charge >= 0.3 is 5.97 Å². The molecule has 0 aliphatic heterocycles. The zero-order valence-corrected chi connectivity index (χ0v) is 21.3. The van der Waals surface area contributed by atoms with Crippen LogP contribution >= 0.6 is 0 Å². The van der Waals surface area contributed by atoms with Gasteiger partial charge in [-0.2, -0.15) is 0 Å². The summed E-state index contributed by atoms with van der Waals surface area (Å²) in [6, 6.07) is 9.51. The number of aromatic hydroxyl groups is 2. The molecule has 1 aromatic heterocycles. The molecule has 36 heavy (non-hydrogen) atoms. The summed E-state index contributed by atoms with van der Waals surface area (Å²) >= 11 is 0. The Bertz CT molecular complexity index is 1240. The monoisotopic (exact) mass is 493 g/mol. The third-order valence-electron chi connectivity index (χ3n) is 5.07. The number of amides is 1. The van der Waals surface area contributed by atoms with Gasteiger partial charge in [0.2, 0.25) is 17.6 Å². The van der Waals surface area contributed by atoms with Gasteiger partial charge in [-0.3, -0.25) is 9.59 Å². The predicted octanol–water partition coefficient (Wildman–Crippen LogP) is 4.48. The number of ether oxygens (including phenoxy) is 1. The molecule has 0 bridgehead atoms. The van der Waals surface area contributed by atoms with Crippen LogP contribution in [0.5, 0.6) is 11.5 Å². The molecule has 10 nitrogen and oxygen atoms in total. The molecule has 0 saturated heterocycles. The number of phenols is 2. The first-order valence-electron chi connectivity index (χ1n) is 11.4. The van der Waals surface area contributed by atoms with E-state index in [1.165, 1.54) is 12.1 Å². The van der Waals surface area contributed by atoms with Crippen molar-refractivity contribution >= 4 is 17.6 Å². The van der Waals surface area contributed by atoms with Crippen molar-refractivity contribution in [2.75, 3.05) is 5.32 Å². The number of carbonyl (C=O) groups is 2. The quantitative estimate of drug-likeness (QED) is 0.334. The molecule has 1 heterocycles. The van der Waals surface area contributed by atoms with Gasteiger partial charge in [0.15, 0.2) is 11.5 Å². The van der Waals surface area contributed by atoms with Crippen LogP contribution in [0.3, 0.4) is 0 Å². The Morgan fingerprint density at radius 2 is 1.42 bits per heavy atom. The van der Waals surface area contributed by atoms with Crippen molar-refractivity contribution in [3.05, 3.63) is 42.0 Å². The van der Waals surface area contributed by atoms with E-state index in [1.54, 1.807) is 24.3 Å². The minimum atomic E-state index is -0.516. The van der Waals surface area contributed by atoms with Crippen LogP contribution < -0.4 is 5.32 Å². The molecule has 10 heteroatoms. The van der Waals surface area contributed by atoms with Crippen LogP contribution in [0.1, 0.15) is 53.5 Å². The summed E-state index contributed by atoms with van der Waals surface area (Å²) in [6.07, 6.45) is 0.222. The Balaban J connectivity index is 1.79. The van der Waals surface area contributed by atoms with Crippen molar-refractivity contribution in [3.63, 3.8) is 0 Å². The first-order chi connectivity index (χ1) is 16.7. The lowest BCUT2D eigenvalue weighted by Gasteiger charge is -2.17. The van der Waals surface area contributed by atoms with Gasteiger partial charge in [0.25, 0.3) is 0 Å². The molecule has 0 aliphatic rings. The maximum atomic E-state index is 12.2. The number of esters is 1. The van der Waals surface area contributed by atoms with Crippen molar-refractivity contribution in [1.82, 2.24) is 20.4 Å². The van der Waals surface area contributed by atoms with Gasteiger partial charge in [-0.25, -0.2) is 0 Å². The fraction of sp³-hybridized carbons (Fsp3) is 0.385. The Hall–Kier alpha value is -4.08. The molecule has 0 unspecified atom stereocenters. The van der Waals surface area contributed by atoms with Gasteiger partial charge in [0, 0.05) is 27.8 Å². The first kappa shape index (κ1) is 26.5. The number of rotatable bonds is 6. The molecule has 3 aromatic rings. The van der Waals surface area contributed by atoms with Crippen molar-refractivity contribution < 1.29 is 24.5 Å². The second-order valence-electron chi connectivity index (χ2n) is 10.7. The lowest BCUT2D eigenvalue weighted by atomic mass is 9.92. The van der Waals surface area contributed by atoms with E-state index in [0.29, 0.717) is 22.4 Å². The van der Waals surface area contributed by atoms with E-state index in [0.717, 1.165) is 0 Å². The molecule has 0 atom stereocenters. The molecule has 3 rings (SSSR count). The van der Waals surface area contributed by atoms with Crippen LogP contribution in [0.15, 0.2) is 36.4 Å². The number of anilines is 1. The highest BCUT2D eigenvalue weighted by Crippen LogP contribution is 2.33. The SMILES string of the molecule is CC(C)(C)CC(=O)OCc1cc(O)c(O)cc1-c1nnc(-c2ccc(NC(=O)C(C)(C)C)cc2)nn1. The summed E-state index contributed by atoms with van der Waals surface area (Å²) in [5, 5.41) is 39.3. The fourth-order valence-electron chi connectivity index (χ4n) is 3.06. The highest BCUT2D eigenvalue weighted by atomic mass is 16.5. The van der Waals surface area contributed by atoms with E-state index in [4.69, 9.17) is 4.74 Å². The van der Waals surface area contributed by atoms with Gasteiger partial charge < -0.3 is 20.3 Å². The van der Waals surface area contributed by atoms with Crippen LogP contribution in [0.25, 0.3) is 22.8 Å². The highest BCUT2D eigenvalue weighted by molar-refractivity contribution is 5.94. The normalized spacial score (nSPS) is 11.7. The third kappa shape index (κ3) is 6.97. The molecule has 0 spiro atoms. The Morgan fingerprint density at radius 1 is 0.861 bits per heavy atom. The fourth-order valence-corrected chi connectivity index (χ4v) is 3.06. The van der Waals surface area contributed by atoms with Gasteiger partial charge in [-0.15, -0.1) is 20.4 Å². The van der Waals surface area contributed by atoms with Gasteiger partial charge in [0.05, 0.1) is 6.42 Å². The lowest BCUT2D eigenvalue weighted by molar-refractivity contribution is -0.147. The number of nitrogens with one attached hydrogen (secondary N) is 1. The van der Waals surface area contributed by atoms with E-state index in [1.807, 2.05) is 41.5 Å². The minimum absolute atomic E-state index is 0.0879. The second-order valence-corrected chi connectivity index (χ2v) is 10.7. The van der Waals surface area contributed by atoms with E-state index >= 15 is 0 Å². The molecule has 0 fully saturated rings. The Morgan fingerprint density at radius 3 is 1.97 bits per heavy atom. The molecular weight excluding hydrogens is 462 g/mol. The van der Waals surface area contributed by atoms with Crippen molar-refractivity contribution in [2.24, 2.45) is 10.8 Å². The number of hydrogen-bond donors (Lipinski definition) is 3. The van der Waals surface area contributed by atoms with Crippen molar-refractivity contribution in [3.8, 4) is 34.3 Å². The van der Waals surface area contributed by atoms with E-state index in [-0.39, 0.29) is 47.5 Å². The summed E-state index contributed by atoms with van der Waals surface area (Å²) < 4.78 is 5.36. The topological polar surface area (TPSA) is 147 Å². The van der Waals surface area contributed by atoms with Gasteiger partial charge in [-0.05, 0) is 41.8 Å². The van der Waals surface area contributed by atoms with E-state index in [2.05, 4.69) is 25.7 Å². The van der Waals surface area contributed by atoms with Crippen LogP contribution in [0, 0.1) is 10.8 Å². The predicted molar refractivity (Wildman–Crippen MR) is 134 cm³/mol. The summed E-state index contributed by atoms with van der Waals surface area (Å²) in [5.41, 5.74) is 1.24. The van der Waals surface area contributed by atoms with Crippen LogP contribution in [0.4, 0.5) is 5.69 Å². The van der Waals surface area contributed by atoms with Crippen LogP contribution in [0.2, 0.25) is 0 Å². The average molecular weight is 494 g/mol. The summed E-state index contributed by atoms with van der Waals surface area (Å²) in [5.74, 6) is -0.891. The summed E-state index contributed by atoms with van der Waals surface area (Å²) in [6.45, 7) is 11.1. The molecule has 2 aromatic carbocycles. The zero-order chi connectivity index (χ0) is 26.7. The molecule has 3 N–H and O–H groups in total. The standard InChI is InChI=1S/C26H31N5O5/c1-25(2,3)13-21(34)36-14-16-11-19(32)20(33)12-18(16)23-30-28-22(29-31-23)15-7-9-17(10-8-15)27-24(35)26(4,5)6/h7-12,32-33H,13-14H2,1-6H3,(H,27,35). The van der Waals surface area contributed by atoms with Gasteiger partial charge in [-0.1, -0.05) is 41.5 Å². The average Bonchev–Trinajstić information content (AvgIpc) is 2.78. The number of phenolic OH excluding ortho intramolecular Hbond substituents is 2. The Labute approximate surface area is 209 Å². The number of nitrogens with zero attached hydrogens (tertiary/aromatic N) is 4. The number of aromatic nitrogens is 4. The van der Waals surface area contributed by atoms with Crippen molar-refractivity contribution in [1.29, 1.82) is 0 Å².